The molecule has 10 aromatic rings. The second kappa shape index (κ2) is 13.3. The fourth-order valence-corrected chi connectivity index (χ4v) is 5.50. The molecule has 8 aromatic carbocycles. The highest BCUT2D eigenvalue weighted by Crippen LogP contribution is 2.48. The van der Waals surface area contributed by atoms with Crippen molar-refractivity contribution in [3.05, 3.63) is 193 Å². The highest BCUT2D eigenvalue weighted by molar-refractivity contribution is 6.22. The van der Waals surface area contributed by atoms with Gasteiger partial charge in [0, 0.05) is 44.2 Å². The van der Waals surface area contributed by atoms with Crippen LogP contribution < -0.4 is 4.90 Å². The van der Waals surface area contributed by atoms with Gasteiger partial charge in [-0.1, -0.05) is 157 Å². The molecule has 0 fully saturated rings. The van der Waals surface area contributed by atoms with Crippen molar-refractivity contribution in [2.24, 2.45) is 0 Å². The van der Waals surface area contributed by atoms with Crippen LogP contribution in [0.3, 0.4) is 0 Å². The Morgan fingerprint density at radius 1 is 0.426 bits per heavy atom. The van der Waals surface area contributed by atoms with Gasteiger partial charge >= 0.3 is 0 Å². The van der Waals surface area contributed by atoms with Crippen LogP contribution in [0.1, 0.15) is 43.9 Å². The summed E-state index contributed by atoms with van der Waals surface area (Å²) in [5.74, 6) is -2.74. The van der Waals surface area contributed by atoms with Gasteiger partial charge in [-0.2, -0.15) is 0 Å². The van der Waals surface area contributed by atoms with Crippen molar-refractivity contribution < 1.29 is 48.3 Å². The van der Waals surface area contributed by atoms with Crippen molar-refractivity contribution in [1.29, 1.82) is 0 Å². The van der Waals surface area contributed by atoms with Gasteiger partial charge in [0.05, 0.1) is 49.6 Å². The molecule has 0 atom stereocenters. The normalized spacial score (nSPS) is 19.6. The Morgan fingerprint density at radius 3 is 1.59 bits per heavy atom. The van der Waals surface area contributed by atoms with Crippen molar-refractivity contribution >= 4 is 49.8 Å². The number of benzene rings is 8. The first-order valence-corrected chi connectivity index (χ1v) is 15.4. The molecule has 10 rings (SSSR count). The SMILES string of the molecule is [2H]c1c([2H])c([2H])c(-c2nc(-c3c([2H])c([2H])c([2H])c([2H])c3[2H])nc(-c3c([2H])c([2H])c([2H])c4oc5c(N(c6c([2H])c([2H])c([2H])c([2H])c6[2H])c6c([2H])c([2H])c(-c7c([2H])c([2H])c([2H])c([2H])c7[2H])c([2H])c6[2H])c6c([2H])c([2H])c([2H])c([2H])c6c([2H])c5c34)n2)c([2H])c1[2H]. The van der Waals surface area contributed by atoms with E-state index < -0.39 is 288 Å². The summed E-state index contributed by atoms with van der Waals surface area (Å²) in [6, 6.07) is -33.4. The predicted molar refractivity (Wildman–Crippen MR) is 221 cm³/mol. The van der Waals surface area contributed by atoms with Gasteiger partial charge in [-0.3, -0.25) is 0 Å². The molecule has 2 heterocycles. The van der Waals surface area contributed by atoms with Gasteiger partial charge in [-0.05, 0) is 52.8 Å². The topological polar surface area (TPSA) is 55.1 Å². The van der Waals surface area contributed by atoms with Crippen molar-refractivity contribution in [3.63, 3.8) is 0 Å². The van der Waals surface area contributed by atoms with E-state index in [4.69, 9.17) is 33.2 Å². The minimum atomic E-state index is -1.28. The van der Waals surface area contributed by atoms with Gasteiger partial charge in [0.2, 0.25) is 0 Å². The summed E-state index contributed by atoms with van der Waals surface area (Å²) < 4.78 is 292. The monoisotopic (exact) mass is 724 g/mol. The maximum absolute atomic E-state index is 9.94. The van der Waals surface area contributed by atoms with Crippen LogP contribution in [0.2, 0.25) is 0 Å². The zero-order valence-electron chi connectivity index (χ0n) is 58.7. The minimum absolute atomic E-state index is 0.419. The molecule has 0 N–H and O–H groups in total. The largest absolute Gasteiger partial charge is 0.454 e. The Kier molecular flexibility index (Phi) is 3.12. The van der Waals surface area contributed by atoms with Crippen LogP contribution in [0.15, 0.2) is 198 Å². The first-order chi connectivity index (χ1) is 40.1. The van der Waals surface area contributed by atoms with E-state index >= 15 is 0 Å². The maximum Gasteiger partial charge on any atom is 0.164 e. The van der Waals surface area contributed by atoms with Gasteiger partial charge in [-0.15, -0.1) is 0 Å². The highest BCUT2D eigenvalue weighted by atomic mass is 16.3. The van der Waals surface area contributed by atoms with Gasteiger partial charge in [0.15, 0.2) is 23.1 Å². The van der Waals surface area contributed by atoms with E-state index in [1.54, 1.807) is 0 Å². The molecule has 0 saturated heterocycles. The molecule has 0 radical (unpaired) electrons. The molecule has 0 aliphatic heterocycles. The lowest BCUT2D eigenvalue weighted by molar-refractivity contribution is 0.669. The lowest BCUT2D eigenvalue weighted by atomic mass is 9.99. The van der Waals surface area contributed by atoms with E-state index in [0.29, 0.717) is 4.90 Å². The quantitative estimate of drug-likeness (QED) is 0.164. The fourth-order valence-electron chi connectivity index (χ4n) is 5.50. The molecule has 0 amide bonds. The average molecular weight is 725 g/mol. The summed E-state index contributed by atoms with van der Waals surface area (Å²) in [6.07, 6.45) is 0. The molecule has 0 unspecified atom stereocenters. The van der Waals surface area contributed by atoms with E-state index in [0.717, 1.165) is 0 Å². The molecular formula is C49H32N4O. The zero-order valence-corrected chi connectivity index (χ0v) is 26.7. The minimum Gasteiger partial charge on any atom is -0.454 e. The molecular weight excluding hydrogens is 661 g/mol. The molecule has 254 valence electrons. The molecule has 0 aliphatic carbocycles. The van der Waals surface area contributed by atoms with Gasteiger partial charge in [0.25, 0.3) is 0 Å². The second-order valence-electron chi connectivity index (χ2n) is 10.8. The van der Waals surface area contributed by atoms with Crippen LogP contribution in [-0.4, -0.2) is 15.0 Å². The standard InChI is InChI=1S/C49H32N4O/c1-5-16-33(17-6-1)34-28-30-39(31-29-34)53(38-23-11-4-12-24-38)45-40-25-14-13-22-37(40)32-42-44-41(26-15-27-43(44)54-46(42)45)49-51-47(35-18-7-2-8-19-35)50-48(52-49)36-20-9-3-10-21-36/h1-32H/i1D,2D,3D,4D,5D,6D,7D,8D,9D,10D,11D,12D,13D,14D,15D,16D,17D,18D,19D,20D,21D,22D,23D,24D,25D,26D,27D,28D,29D,30D,31D,32D. The Labute approximate surface area is 357 Å². The average Bonchev–Trinajstić information content (AvgIpc) is 1.38. The summed E-state index contributed by atoms with van der Waals surface area (Å²) in [4.78, 5) is 13.4. The van der Waals surface area contributed by atoms with Crippen molar-refractivity contribution in [2.75, 3.05) is 4.90 Å². The van der Waals surface area contributed by atoms with E-state index in [1.807, 2.05) is 0 Å². The first kappa shape index (κ1) is 12.6. The summed E-state index contributed by atoms with van der Waals surface area (Å²) in [5.41, 5.74) is -9.33. The number of fused-ring (bicyclic) bond motifs is 4. The Balaban J connectivity index is 1.49. The van der Waals surface area contributed by atoms with Crippen LogP contribution in [0.25, 0.3) is 78.0 Å². The fraction of sp³-hybridized carbons (Fsp3) is 0. The molecule has 5 nitrogen and oxygen atoms in total. The third-order valence-corrected chi connectivity index (χ3v) is 7.74. The lowest BCUT2D eigenvalue weighted by Crippen LogP contribution is -2.10. The molecule has 2 aromatic heterocycles. The van der Waals surface area contributed by atoms with Crippen LogP contribution in [0, 0.1) is 0 Å². The Morgan fingerprint density at radius 2 is 0.944 bits per heavy atom. The second-order valence-corrected chi connectivity index (χ2v) is 10.8. The van der Waals surface area contributed by atoms with Crippen molar-refractivity contribution in [1.82, 2.24) is 15.0 Å². The smallest absolute Gasteiger partial charge is 0.164 e. The summed E-state index contributed by atoms with van der Waals surface area (Å²) in [7, 11) is 0. The molecule has 0 bridgehead atoms. The third kappa shape index (κ3) is 5.56. The maximum atomic E-state index is 9.94. The van der Waals surface area contributed by atoms with Crippen molar-refractivity contribution in [2.45, 2.75) is 0 Å². The first-order valence-electron chi connectivity index (χ1n) is 31.4. The molecule has 0 saturated carbocycles. The van der Waals surface area contributed by atoms with Gasteiger partial charge < -0.3 is 9.32 Å². The number of para-hydroxylation sites is 1. The highest BCUT2D eigenvalue weighted by Gasteiger charge is 2.25. The van der Waals surface area contributed by atoms with Gasteiger partial charge in [-0.25, -0.2) is 15.0 Å². The number of nitrogens with zero attached hydrogens (tertiary/aromatic N) is 4. The van der Waals surface area contributed by atoms with E-state index in [2.05, 4.69) is 15.0 Å². The number of furan rings is 1. The number of anilines is 3. The van der Waals surface area contributed by atoms with Crippen LogP contribution in [0.5, 0.6) is 0 Å². The van der Waals surface area contributed by atoms with Gasteiger partial charge in [0.1, 0.15) is 5.58 Å². The van der Waals surface area contributed by atoms with Crippen LogP contribution in [-0.2, 0) is 0 Å². The van der Waals surface area contributed by atoms with Crippen molar-refractivity contribution in [3.8, 4) is 45.3 Å². The lowest BCUT2D eigenvalue weighted by Gasteiger charge is -2.27. The zero-order chi connectivity index (χ0) is 63.7. The van der Waals surface area contributed by atoms with E-state index in [1.165, 1.54) is 0 Å². The van der Waals surface area contributed by atoms with E-state index in [9.17, 15) is 15.1 Å². The number of rotatable bonds is 7. The summed E-state index contributed by atoms with van der Waals surface area (Å²) in [6.45, 7) is 0. The Hall–Kier alpha value is -7.37. The Bertz CT molecular complexity index is 4580. The molecule has 54 heavy (non-hydrogen) atoms. The van der Waals surface area contributed by atoms with Crippen LogP contribution in [0.4, 0.5) is 17.1 Å². The predicted octanol–water partition coefficient (Wildman–Crippen LogP) is 13.1. The summed E-state index contributed by atoms with van der Waals surface area (Å²) in [5, 5.41) is -3.29. The summed E-state index contributed by atoms with van der Waals surface area (Å²) >= 11 is 0. The number of hydrogen-bond acceptors (Lipinski definition) is 5. The number of hydrogen-bond donors (Lipinski definition) is 0. The van der Waals surface area contributed by atoms with Crippen LogP contribution >= 0.6 is 0 Å². The third-order valence-electron chi connectivity index (χ3n) is 7.74. The van der Waals surface area contributed by atoms with E-state index in [-0.39, 0.29) is 0 Å². The molecule has 5 heteroatoms. The number of aromatic nitrogens is 3. The molecule has 0 aliphatic rings. The molecule has 0 spiro atoms.